The summed E-state index contributed by atoms with van der Waals surface area (Å²) in [5, 5.41) is 3.43. The summed E-state index contributed by atoms with van der Waals surface area (Å²) >= 11 is 0. The van der Waals surface area contributed by atoms with Gasteiger partial charge in [0.2, 0.25) is 0 Å². The van der Waals surface area contributed by atoms with Crippen molar-refractivity contribution in [2.45, 2.75) is 40.2 Å². The second-order valence-corrected chi connectivity index (χ2v) is 4.33. The Kier molecular flexibility index (Phi) is 3.95. The molecule has 0 saturated carbocycles. The van der Waals surface area contributed by atoms with Crippen LogP contribution in [0.15, 0.2) is 12.3 Å². The lowest BCUT2D eigenvalue weighted by Crippen LogP contribution is -2.25. The van der Waals surface area contributed by atoms with Gasteiger partial charge in [0.15, 0.2) is 0 Å². The Morgan fingerprint density at radius 1 is 1.47 bits per heavy atom. The fraction of sp³-hybridized carbons (Fsp3) is 0.583. The lowest BCUT2D eigenvalue weighted by Gasteiger charge is -2.21. The first-order valence-electron chi connectivity index (χ1n) is 5.53. The first-order chi connectivity index (χ1) is 7.04. The van der Waals surface area contributed by atoms with Crippen LogP contribution >= 0.6 is 0 Å². The summed E-state index contributed by atoms with van der Waals surface area (Å²) in [6.07, 6.45) is 2.81. The van der Waals surface area contributed by atoms with Crippen LogP contribution in [0.5, 0.6) is 0 Å². The van der Waals surface area contributed by atoms with E-state index in [1.54, 1.807) is 6.20 Å². The van der Waals surface area contributed by atoms with E-state index >= 15 is 0 Å². The third-order valence-electron chi connectivity index (χ3n) is 2.73. The maximum Gasteiger partial charge on any atom is 0.126 e. The van der Waals surface area contributed by atoms with Gasteiger partial charge in [-0.3, -0.25) is 0 Å². The molecule has 3 heteroatoms. The lowest BCUT2D eigenvalue weighted by molar-refractivity contribution is 0.510. The number of hydrogen-bond acceptors (Lipinski definition) is 3. The van der Waals surface area contributed by atoms with Crippen LogP contribution < -0.4 is 11.1 Å². The van der Waals surface area contributed by atoms with E-state index in [1.165, 1.54) is 0 Å². The molecule has 0 radical (unpaired) electrons. The minimum atomic E-state index is 0.473. The molecule has 0 aliphatic heterocycles. The molecule has 0 aromatic carbocycles. The Hall–Kier alpha value is -1.25. The zero-order chi connectivity index (χ0) is 11.4. The average molecular weight is 207 g/mol. The topological polar surface area (TPSA) is 50.9 Å². The highest BCUT2D eigenvalue weighted by molar-refractivity contribution is 5.51. The number of pyridine rings is 1. The summed E-state index contributed by atoms with van der Waals surface area (Å²) in [6.45, 7) is 8.61. The monoisotopic (exact) mass is 207 g/mol. The zero-order valence-corrected chi connectivity index (χ0v) is 10.0. The van der Waals surface area contributed by atoms with E-state index in [1.807, 2.05) is 13.0 Å². The highest BCUT2D eigenvalue weighted by Gasteiger charge is 2.11. The molecule has 0 spiro atoms. The van der Waals surface area contributed by atoms with Gasteiger partial charge in [0.05, 0.1) is 11.9 Å². The van der Waals surface area contributed by atoms with Gasteiger partial charge in [0.1, 0.15) is 5.82 Å². The summed E-state index contributed by atoms with van der Waals surface area (Å²) < 4.78 is 0. The second kappa shape index (κ2) is 5.01. The summed E-state index contributed by atoms with van der Waals surface area (Å²) in [4.78, 5) is 4.27. The van der Waals surface area contributed by atoms with Gasteiger partial charge in [-0.05, 0) is 30.9 Å². The van der Waals surface area contributed by atoms with Crippen molar-refractivity contribution >= 4 is 11.5 Å². The molecule has 1 aromatic heterocycles. The molecule has 0 aliphatic rings. The molecule has 1 atom stereocenters. The maximum atomic E-state index is 5.72. The van der Waals surface area contributed by atoms with Crippen LogP contribution in [-0.4, -0.2) is 11.0 Å². The van der Waals surface area contributed by atoms with Gasteiger partial charge in [-0.25, -0.2) is 4.98 Å². The largest absolute Gasteiger partial charge is 0.397 e. The van der Waals surface area contributed by atoms with Crippen LogP contribution in [0.25, 0.3) is 0 Å². The van der Waals surface area contributed by atoms with Crippen molar-refractivity contribution in [3.05, 3.63) is 17.8 Å². The fourth-order valence-corrected chi connectivity index (χ4v) is 1.58. The number of hydrogen-bond donors (Lipinski definition) is 2. The molecular weight excluding hydrogens is 186 g/mol. The van der Waals surface area contributed by atoms with E-state index < -0.39 is 0 Å². The predicted molar refractivity (Wildman–Crippen MR) is 65.9 cm³/mol. The first-order valence-corrected chi connectivity index (χ1v) is 5.53. The molecule has 0 saturated heterocycles. The van der Waals surface area contributed by atoms with Crippen molar-refractivity contribution in [3.63, 3.8) is 0 Å². The van der Waals surface area contributed by atoms with E-state index in [0.717, 1.165) is 23.5 Å². The quantitative estimate of drug-likeness (QED) is 0.798. The maximum absolute atomic E-state index is 5.72. The van der Waals surface area contributed by atoms with E-state index in [-0.39, 0.29) is 0 Å². The number of aryl methyl sites for hydroxylation is 1. The molecule has 3 N–H and O–H groups in total. The van der Waals surface area contributed by atoms with Gasteiger partial charge < -0.3 is 11.1 Å². The lowest BCUT2D eigenvalue weighted by atomic mass is 10.0. The van der Waals surface area contributed by atoms with Crippen LogP contribution in [0.3, 0.4) is 0 Å². The Labute approximate surface area is 92.1 Å². The summed E-state index contributed by atoms with van der Waals surface area (Å²) in [5.74, 6) is 1.52. The standard InChI is InChI=1S/C12H21N3/c1-5-11(8(2)3)15-12-6-9(4)10(13)7-14-12/h6-8,11H,5,13H2,1-4H3,(H,14,15). The highest BCUT2D eigenvalue weighted by atomic mass is 15.0. The van der Waals surface area contributed by atoms with Crippen LogP contribution in [-0.2, 0) is 0 Å². The number of nitrogen functional groups attached to an aromatic ring is 1. The molecule has 0 aliphatic carbocycles. The zero-order valence-electron chi connectivity index (χ0n) is 10.0. The summed E-state index contributed by atoms with van der Waals surface area (Å²) in [6, 6.07) is 2.47. The molecule has 1 unspecified atom stereocenters. The molecule has 84 valence electrons. The van der Waals surface area contributed by atoms with Crippen LogP contribution in [0.4, 0.5) is 11.5 Å². The van der Waals surface area contributed by atoms with Crippen molar-refractivity contribution in [1.82, 2.24) is 4.98 Å². The van der Waals surface area contributed by atoms with Crippen molar-refractivity contribution in [1.29, 1.82) is 0 Å². The molecule has 1 heterocycles. The van der Waals surface area contributed by atoms with Gasteiger partial charge in [-0.2, -0.15) is 0 Å². The molecule has 1 rings (SSSR count). The average Bonchev–Trinajstić information content (AvgIpc) is 2.19. The minimum Gasteiger partial charge on any atom is -0.397 e. The summed E-state index contributed by atoms with van der Waals surface area (Å²) in [5.41, 5.74) is 7.54. The number of nitrogens with one attached hydrogen (secondary N) is 1. The molecule has 0 amide bonds. The molecule has 3 nitrogen and oxygen atoms in total. The van der Waals surface area contributed by atoms with E-state index in [4.69, 9.17) is 5.73 Å². The molecule has 15 heavy (non-hydrogen) atoms. The summed E-state index contributed by atoms with van der Waals surface area (Å²) in [7, 11) is 0. The molecule has 0 bridgehead atoms. The Balaban J connectivity index is 2.75. The smallest absolute Gasteiger partial charge is 0.126 e. The van der Waals surface area contributed by atoms with E-state index in [0.29, 0.717) is 12.0 Å². The number of aromatic nitrogens is 1. The van der Waals surface area contributed by atoms with Crippen molar-refractivity contribution < 1.29 is 0 Å². The van der Waals surface area contributed by atoms with Crippen LogP contribution in [0.2, 0.25) is 0 Å². The van der Waals surface area contributed by atoms with E-state index in [9.17, 15) is 0 Å². The normalized spacial score (nSPS) is 12.9. The Morgan fingerprint density at radius 2 is 2.13 bits per heavy atom. The third kappa shape index (κ3) is 3.11. The van der Waals surface area contributed by atoms with Crippen LogP contribution in [0, 0.1) is 12.8 Å². The molecular formula is C12H21N3. The minimum absolute atomic E-state index is 0.473. The second-order valence-electron chi connectivity index (χ2n) is 4.33. The third-order valence-corrected chi connectivity index (χ3v) is 2.73. The van der Waals surface area contributed by atoms with Gasteiger partial charge in [0, 0.05) is 6.04 Å². The molecule has 0 fully saturated rings. The van der Waals surface area contributed by atoms with Gasteiger partial charge in [0.25, 0.3) is 0 Å². The van der Waals surface area contributed by atoms with Gasteiger partial charge in [-0.15, -0.1) is 0 Å². The SMILES string of the molecule is CCC(Nc1cc(C)c(N)cn1)C(C)C. The predicted octanol–water partition coefficient (Wildman–Crippen LogP) is 2.82. The molecule has 1 aromatic rings. The number of nitrogens with two attached hydrogens (primary N) is 1. The number of anilines is 2. The Bertz CT molecular complexity index is 321. The van der Waals surface area contributed by atoms with Crippen molar-refractivity contribution in [2.24, 2.45) is 5.92 Å². The van der Waals surface area contributed by atoms with Gasteiger partial charge in [-0.1, -0.05) is 20.8 Å². The van der Waals surface area contributed by atoms with Crippen molar-refractivity contribution in [2.75, 3.05) is 11.1 Å². The number of nitrogens with zero attached hydrogens (tertiary/aromatic N) is 1. The van der Waals surface area contributed by atoms with E-state index in [2.05, 4.69) is 31.1 Å². The number of rotatable bonds is 4. The fourth-order valence-electron chi connectivity index (χ4n) is 1.58. The van der Waals surface area contributed by atoms with Crippen molar-refractivity contribution in [3.8, 4) is 0 Å². The Morgan fingerprint density at radius 3 is 2.60 bits per heavy atom. The first kappa shape index (κ1) is 11.8. The van der Waals surface area contributed by atoms with Crippen LogP contribution in [0.1, 0.15) is 32.8 Å². The van der Waals surface area contributed by atoms with Gasteiger partial charge >= 0.3 is 0 Å². The highest BCUT2D eigenvalue weighted by Crippen LogP contribution is 2.17.